The first-order valence-corrected chi connectivity index (χ1v) is 11.6. The number of methoxy groups -OCH3 is 1. The van der Waals surface area contributed by atoms with E-state index >= 15 is 0 Å². The molecule has 1 N–H and O–H groups in total. The number of hydrogen-bond donors (Lipinski definition) is 1. The fraction of sp³-hybridized carbons (Fsp3) is 0.185. The number of benzene rings is 3. The number of nitriles is 1. The number of nitrogens with one attached hydrogen (secondary N) is 1. The summed E-state index contributed by atoms with van der Waals surface area (Å²) in [5.74, 6) is 1.42. The van der Waals surface area contributed by atoms with Crippen LogP contribution in [-0.2, 0) is 17.2 Å². The first-order chi connectivity index (χ1) is 16.2. The first-order valence-electron chi connectivity index (χ1n) is 10.6. The van der Waals surface area contributed by atoms with Crippen LogP contribution in [0.25, 0.3) is 0 Å². The molecular formula is C27H24N2O3S. The third-order valence-electron chi connectivity index (χ3n) is 5.41. The van der Waals surface area contributed by atoms with Gasteiger partial charge in [-0.05, 0) is 28.8 Å². The smallest absolute Gasteiger partial charge is 0.225 e. The SMILES string of the molecule is COc1ccc([C@H]2CC(=O)NC(SCc3ccccc3)=C2C#N)cc1OCc1ccccc1. The largest absolute Gasteiger partial charge is 0.493 e. The minimum atomic E-state index is -0.341. The Morgan fingerprint density at radius 3 is 2.36 bits per heavy atom. The minimum absolute atomic E-state index is 0.0999. The van der Waals surface area contributed by atoms with Crippen LogP contribution >= 0.6 is 11.8 Å². The van der Waals surface area contributed by atoms with Gasteiger partial charge in [0.2, 0.25) is 5.91 Å². The Kier molecular flexibility index (Phi) is 7.33. The minimum Gasteiger partial charge on any atom is -0.493 e. The van der Waals surface area contributed by atoms with Gasteiger partial charge < -0.3 is 14.8 Å². The highest BCUT2D eigenvalue weighted by molar-refractivity contribution is 8.02. The predicted octanol–water partition coefficient (Wildman–Crippen LogP) is 5.55. The summed E-state index contributed by atoms with van der Waals surface area (Å²) in [6.45, 7) is 0.394. The summed E-state index contributed by atoms with van der Waals surface area (Å²) in [5, 5.41) is 13.5. The number of carbonyl (C=O) groups excluding carboxylic acids is 1. The van der Waals surface area contributed by atoms with Crippen molar-refractivity contribution in [2.45, 2.75) is 24.7 Å². The van der Waals surface area contributed by atoms with Gasteiger partial charge in [-0.3, -0.25) is 4.79 Å². The van der Waals surface area contributed by atoms with E-state index in [1.165, 1.54) is 11.8 Å². The third-order valence-corrected chi connectivity index (χ3v) is 6.50. The molecule has 0 bridgehead atoms. The summed E-state index contributed by atoms with van der Waals surface area (Å²) in [6, 6.07) is 27.8. The second kappa shape index (κ2) is 10.8. The van der Waals surface area contributed by atoms with Crippen molar-refractivity contribution in [3.8, 4) is 17.6 Å². The normalized spacial score (nSPS) is 15.5. The highest BCUT2D eigenvalue weighted by Gasteiger charge is 2.30. The zero-order chi connectivity index (χ0) is 23.0. The van der Waals surface area contributed by atoms with Gasteiger partial charge in [-0.1, -0.05) is 66.7 Å². The highest BCUT2D eigenvalue weighted by atomic mass is 32.2. The molecular weight excluding hydrogens is 432 g/mol. The fourth-order valence-electron chi connectivity index (χ4n) is 3.71. The predicted molar refractivity (Wildman–Crippen MR) is 130 cm³/mol. The van der Waals surface area contributed by atoms with Crippen molar-refractivity contribution in [3.05, 3.63) is 106 Å². The lowest BCUT2D eigenvalue weighted by molar-refractivity contribution is -0.120. The topological polar surface area (TPSA) is 71.3 Å². The molecule has 4 rings (SSSR count). The van der Waals surface area contributed by atoms with E-state index in [-0.39, 0.29) is 18.2 Å². The standard InChI is InChI=1S/C27H24N2O3S/c1-31-24-13-12-21(14-25(24)32-17-19-8-4-2-5-9-19)22-15-26(30)29-27(23(22)16-28)33-18-20-10-6-3-7-11-20/h2-14,22H,15,17-18H2,1H3,(H,29,30)/t22-/m1/s1. The maximum atomic E-state index is 12.5. The van der Waals surface area contributed by atoms with Gasteiger partial charge >= 0.3 is 0 Å². The fourth-order valence-corrected chi connectivity index (χ4v) is 4.74. The molecule has 6 heteroatoms. The van der Waals surface area contributed by atoms with Gasteiger partial charge in [0.15, 0.2) is 11.5 Å². The highest BCUT2D eigenvalue weighted by Crippen LogP contribution is 2.40. The number of allylic oxidation sites excluding steroid dienone is 1. The summed E-state index contributed by atoms with van der Waals surface area (Å²) >= 11 is 1.47. The van der Waals surface area contributed by atoms with Crippen LogP contribution in [0.3, 0.4) is 0 Å². The molecule has 0 saturated carbocycles. The molecule has 3 aromatic carbocycles. The van der Waals surface area contributed by atoms with E-state index in [1.807, 2.05) is 78.9 Å². The monoisotopic (exact) mass is 456 g/mol. The van der Waals surface area contributed by atoms with Crippen LogP contribution in [0.4, 0.5) is 0 Å². The van der Waals surface area contributed by atoms with Gasteiger partial charge in [0.25, 0.3) is 0 Å². The van der Waals surface area contributed by atoms with Crippen molar-refractivity contribution >= 4 is 17.7 Å². The molecule has 3 aromatic rings. The second-order valence-corrected chi connectivity index (χ2v) is 8.60. The van der Waals surface area contributed by atoms with Gasteiger partial charge in [0.1, 0.15) is 6.61 Å². The maximum Gasteiger partial charge on any atom is 0.225 e. The molecule has 166 valence electrons. The Hall–Kier alpha value is -3.69. The van der Waals surface area contributed by atoms with E-state index in [0.717, 1.165) is 16.7 Å². The van der Waals surface area contributed by atoms with Crippen LogP contribution in [0.15, 0.2) is 89.5 Å². The number of thioether (sulfide) groups is 1. The molecule has 0 spiro atoms. The lowest BCUT2D eigenvalue weighted by Gasteiger charge is -2.25. The Labute approximate surface area is 198 Å². The average Bonchev–Trinajstić information content (AvgIpc) is 2.87. The molecule has 0 unspecified atom stereocenters. The Morgan fingerprint density at radius 1 is 1.00 bits per heavy atom. The molecule has 1 aliphatic rings. The number of ether oxygens (including phenoxy) is 2. The second-order valence-electron chi connectivity index (χ2n) is 7.62. The average molecular weight is 457 g/mol. The van der Waals surface area contributed by atoms with Crippen molar-refractivity contribution in [1.82, 2.24) is 5.32 Å². The molecule has 1 amide bonds. The molecule has 0 saturated heterocycles. The molecule has 1 heterocycles. The van der Waals surface area contributed by atoms with E-state index in [9.17, 15) is 10.1 Å². The van der Waals surface area contributed by atoms with E-state index in [0.29, 0.717) is 34.5 Å². The summed E-state index contributed by atoms with van der Waals surface area (Å²) in [5.41, 5.74) is 3.58. The van der Waals surface area contributed by atoms with Crippen molar-refractivity contribution < 1.29 is 14.3 Å². The quantitative estimate of drug-likeness (QED) is 0.481. The molecule has 0 fully saturated rings. The van der Waals surface area contributed by atoms with Crippen molar-refractivity contribution in [1.29, 1.82) is 5.26 Å². The lowest BCUT2D eigenvalue weighted by Crippen LogP contribution is -2.30. The van der Waals surface area contributed by atoms with Gasteiger partial charge in [-0.2, -0.15) is 5.26 Å². The van der Waals surface area contributed by atoms with Crippen molar-refractivity contribution in [2.75, 3.05) is 7.11 Å². The number of hydrogen-bond acceptors (Lipinski definition) is 5. The van der Waals surface area contributed by atoms with Crippen LogP contribution in [0.1, 0.15) is 29.0 Å². The summed E-state index contributed by atoms with van der Waals surface area (Å²) in [7, 11) is 1.59. The molecule has 0 radical (unpaired) electrons. The van der Waals surface area contributed by atoms with E-state index in [1.54, 1.807) is 7.11 Å². The van der Waals surface area contributed by atoms with Gasteiger partial charge in [0.05, 0.1) is 23.8 Å². The summed E-state index contributed by atoms with van der Waals surface area (Å²) in [4.78, 5) is 12.5. The van der Waals surface area contributed by atoms with E-state index in [2.05, 4.69) is 11.4 Å². The lowest BCUT2D eigenvalue weighted by atomic mass is 9.87. The van der Waals surface area contributed by atoms with Crippen LogP contribution in [0.2, 0.25) is 0 Å². The number of rotatable bonds is 8. The Bertz CT molecular complexity index is 1190. The molecule has 0 aromatic heterocycles. The van der Waals surface area contributed by atoms with Crippen LogP contribution < -0.4 is 14.8 Å². The van der Waals surface area contributed by atoms with Crippen molar-refractivity contribution in [2.24, 2.45) is 0 Å². The van der Waals surface area contributed by atoms with Crippen LogP contribution in [0.5, 0.6) is 11.5 Å². The number of amides is 1. The van der Waals surface area contributed by atoms with Crippen molar-refractivity contribution in [3.63, 3.8) is 0 Å². The molecule has 1 aliphatic heterocycles. The first kappa shape index (κ1) is 22.5. The van der Waals surface area contributed by atoms with Gasteiger partial charge in [-0.15, -0.1) is 11.8 Å². The van der Waals surface area contributed by atoms with Crippen LogP contribution in [0, 0.1) is 11.3 Å². The maximum absolute atomic E-state index is 12.5. The zero-order valence-electron chi connectivity index (χ0n) is 18.3. The van der Waals surface area contributed by atoms with Crippen LogP contribution in [-0.4, -0.2) is 13.0 Å². The number of carbonyl (C=O) groups is 1. The summed E-state index contributed by atoms with van der Waals surface area (Å²) < 4.78 is 11.5. The molecule has 33 heavy (non-hydrogen) atoms. The van der Waals surface area contributed by atoms with E-state index in [4.69, 9.17) is 9.47 Å². The van der Waals surface area contributed by atoms with E-state index < -0.39 is 0 Å². The Balaban J connectivity index is 1.60. The third kappa shape index (κ3) is 5.57. The zero-order valence-corrected chi connectivity index (χ0v) is 19.1. The van der Waals surface area contributed by atoms with Gasteiger partial charge in [-0.25, -0.2) is 0 Å². The molecule has 0 aliphatic carbocycles. The Morgan fingerprint density at radius 2 is 1.70 bits per heavy atom. The molecule has 1 atom stereocenters. The summed E-state index contributed by atoms with van der Waals surface area (Å²) in [6.07, 6.45) is 0.211. The molecule has 5 nitrogen and oxygen atoms in total. The number of nitrogens with zero attached hydrogens (tertiary/aromatic N) is 1. The van der Waals surface area contributed by atoms with Gasteiger partial charge in [0, 0.05) is 18.1 Å².